The fraction of sp³-hybridized carbons (Fsp3) is 0.462. The van der Waals surface area contributed by atoms with Gasteiger partial charge in [-0.2, -0.15) is 0 Å². The number of ether oxygens (including phenoxy) is 1. The molecule has 1 heterocycles. The summed E-state index contributed by atoms with van der Waals surface area (Å²) in [4.78, 5) is 13.7. The van der Waals surface area contributed by atoms with Gasteiger partial charge < -0.3 is 15.0 Å². The maximum atomic E-state index is 13.5. The van der Waals surface area contributed by atoms with Crippen LogP contribution in [0.25, 0.3) is 0 Å². The predicted octanol–water partition coefficient (Wildman–Crippen LogP) is 1.93. The maximum Gasteiger partial charge on any atom is 0.260 e. The first-order chi connectivity index (χ1) is 9.58. The summed E-state index contributed by atoms with van der Waals surface area (Å²) in [6.45, 7) is 2.61. The van der Waals surface area contributed by atoms with Gasteiger partial charge in [-0.1, -0.05) is 0 Å². The molecule has 1 saturated heterocycles. The Labute approximate surface area is 124 Å². The van der Waals surface area contributed by atoms with E-state index < -0.39 is 11.6 Å². The van der Waals surface area contributed by atoms with Crippen molar-refractivity contribution in [3.8, 4) is 5.75 Å². The van der Waals surface area contributed by atoms with Crippen LogP contribution in [0.3, 0.4) is 0 Å². The zero-order valence-corrected chi connectivity index (χ0v) is 12.4. The summed E-state index contributed by atoms with van der Waals surface area (Å²) in [6.07, 6.45) is 0.875. The number of amides is 1. The monoisotopic (exact) mass is 348 g/mol. The predicted molar refractivity (Wildman–Crippen MR) is 73.6 cm³/mol. The lowest BCUT2D eigenvalue weighted by Crippen LogP contribution is -2.37. The lowest BCUT2D eigenvalue weighted by atomic mass is 10.3. The number of nitrogens with zero attached hydrogens (tertiary/aromatic N) is 1. The molecular formula is C13H15BrF2N2O2. The minimum Gasteiger partial charge on any atom is -0.479 e. The standard InChI is InChI=1S/C13H15BrF2N2O2/c14-10-6-9(15)7-11(16)13(10)20-8-12(19)18-4-1-2-17-3-5-18/h6-7,17H,1-5,8H2. The number of rotatable bonds is 3. The maximum absolute atomic E-state index is 13.5. The van der Waals surface area contributed by atoms with Gasteiger partial charge in [0.2, 0.25) is 0 Å². The first kappa shape index (κ1) is 15.2. The lowest BCUT2D eigenvalue weighted by Gasteiger charge is -2.20. The highest BCUT2D eigenvalue weighted by Gasteiger charge is 2.18. The second-order valence-electron chi connectivity index (χ2n) is 4.47. The van der Waals surface area contributed by atoms with E-state index in [1.807, 2.05) is 0 Å². The highest BCUT2D eigenvalue weighted by molar-refractivity contribution is 9.10. The van der Waals surface area contributed by atoms with Crippen LogP contribution in [-0.4, -0.2) is 43.6 Å². The van der Waals surface area contributed by atoms with Crippen LogP contribution in [0.1, 0.15) is 6.42 Å². The molecule has 1 N–H and O–H groups in total. The Hall–Kier alpha value is -1.21. The summed E-state index contributed by atoms with van der Waals surface area (Å²) in [5, 5.41) is 3.19. The van der Waals surface area contributed by atoms with Gasteiger partial charge in [0.1, 0.15) is 5.82 Å². The quantitative estimate of drug-likeness (QED) is 0.907. The summed E-state index contributed by atoms with van der Waals surface area (Å²) >= 11 is 3.02. The van der Waals surface area contributed by atoms with Gasteiger partial charge >= 0.3 is 0 Å². The first-order valence-corrected chi connectivity index (χ1v) is 7.13. The average Bonchev–Trinajstić information content (AvgIpc) is 2.66. The van der Waals surface area contributed by atoms with E-state index in [0.717, 1.165) is 31.6 Å². The third-order valence-electron chi connectivity index (χ3n) is 3.00. The van der Waals surface area contributed by atoms with E-state index in [2.05, 4.69) is 21.2 Å². The SMILES string of the molecule is O=C(COc1c(F)cc(F)cc1Br)N1CCCNCC1. The molecule has 2 rings (SSSR count). The van der Waals surface area contributed by atoms with Crippen molar-refractivity contribution < 1.29 is 18.3 Å². The van der Waals surface area contributed by atoms with Crippen LogP contribution in [-0.2, 0) is 4.79 Å². The average molecular weight is 349 g/mol. The summed E-state index contributed by atoms with van der Waals surface area (Å²) in [7, 11) is 0. The Morgan fingerprint density at radius 3 is 2.90 bits per heavy atom. The molecule has 20 heavy (non-hydrogen) atoms. The molecule has 0 saturated carbocycles. The van der Waals surface area contributed by atoms with Crippen molar-refractivity contribution in [3.63, 3.8) is 0 Å². The molecule has 0 radical (unpaired) electrons. The highest BCUT2D eigenvalue weighted by atomic mass is 79.9. The van der Waals surface area contributed by atoms with E-state index >= 15 is 0 Å². The van der Waals surface area contributed by atoms with Gasteiger partial charge in [-0.05, 0) is 35.0 Å². The van der Waals surface area contributed by atoms with Crippen LogP contribution in [0.4, 0.5) is 8.78 Å². The minimum absolute atomic E-state index is 0.146. The summed E-state index contributed by atoms with van der Waals surface area (Å²) in [6, 6.07) is 1.82. The fourth-order valence-electron chi connectivity index (χ4n) is 1.99. The molecule has 7 heteroatoms. The lowest BCUT2D eigenvalue weighted by molar-refractivity contribution is -0.133. The van der Waals surface area contributed by atoms with Gasteiger partial charge in [0, 0.05) is 25.7 Å². The third-order valence-corrected chi connectivity index (χ3v) is 3.58. The molecule has 4 nitrogen and oxygen atoms in total. The number of carbonyl (C=O) groups is 1. The molecule has 0 aliphatic carbocycles. The smallest absolute Gasteiger partial charge is 0.260 e. The molecule has 0 aromatic heterocycles. The molecule has 0 atom stereocenters. The zero-order valence-electron chi connectivity index (χ0n) is 10.8. The molecule has 0 unspecified atom stereocenters. The fourth-order valence-corrected chi connectivity index (χ4v) is 2.51. The van der Waals surface area contributed by atoms with E-state index in [1.165, 1.54) is 0 Å². The zero-order chi connectivity index (χ0) is 14.5. The molecule has 0 spiro atoms. The highest BCUT2D eigenvalue weighted by Crippen LogP contribution is 2.29. The Bertz CT molecular complexity index is 468. The van der Waals surface area contributed by atoms with Crippen LogP contribution in [0.2, 0.25) is 0 Å². The topological polar surface area (TPSA) is 41.6 Å². The van der Waals surface area contributed by atoms with Crippen molar-refractivity contribution in [2.75, 3.05) is 32.8 Å². The van der Waals surface area contributed by atoms with E-state index in [1.54, 1.807) is 4.90 Å². The second-order valence-corrected chi connectivity index (χ2v) is 5.33. The van der Waals surface area contributed by atoms with Crippen molar-refractivity contribution in [2.45, 2.75) is 6.42 Å². The van der Waals surface area contributed by atoms with Gasteiger partial charge in [0.05, 0.1) is 4.47 Å². The first-order valence-electron chi connectivity index (χ1n) is 6.34. The van der Waals surface area contributed by atoms with Crippen LogP contribution in [0, 0.1) is 11.6 Å². The molecular weight excluding hydrogens is 334 g/mol. The largest absolute Gasteiger partial charge is 0.479 e. The normalized spacial score (nSPS) is 15.8. The number of hydrogen-bond donors (Lipinski definition) is 1. The van der Waals surface area contributed by atoms with Crippen LogP contribution in [0.15, 0.2) is 16.6 Å². The molecule has 0 bridgehead atoms. The van der Waals surface area contributed by atoms with E-state index in [0.29, 0.717) is 13.1 Å². The third kappa shape index (κ3) is 3.89. The Morgan fingerprint density at radius 1 is 1.35 bits per heavy atom. The summed E-state index contributed by atoms with van der Waals surface area (Å²) in [5.74, 6) is -1.88. The van der Waals surface area contributed by atoms with Gasteiger partial charge in [0.15, 0.2) is 18.2 Å². The summed E-state index contributed by atoms with van der Waals surface area (Å²) in [5.41, 5.74) is 0. The van der Waals surface area contributed by atoms with Crippen molar-refractivity contribution in [3.05, 3.63) is 28.2 Å². The Morgan fingerprint density at radius 2 is 2.15 bits per heavy atom. The van der Waals surface area contributed by atoms with Crippen molar-refractivity contribution in [1.82, 2.24) is 10.2 Å². The molecule has 1 aromatic rings. The number of halogens is 3. The van der Waals surface area contributed by atoms with Gasteiger partial charge in [-0.3, -0.25) is 4.79 Å². The van der Waals surface area contributed by atoms with E-state index in [4.69, 9.17) is 4.74 Å². The van der Waals surface area contributed by atoms with Crippen molar-refractivity contribution in [1.29, 1.82) is 0 Å². The van der Waals surface area contributed by atoms with Crippen LogP contribution >= 0.6 is 15.9 Å². The molecule has 1 fully saturated rings. The Kier molecular flexibility index (Phi) is 5.31. The van der Waals surface area contributed by atoms with Crippen LogP contribution in [0.5, 0.6) is 5.75 Å². The molecule has 1 amide bonds. The number of carbonyl (C=O) groups excluding carboxylic acids is 1. The van der Waals surface area contributed by atoms with Crippen molar-refractivity contribution >= 4 is 21.8 Å². The number of nitrogens with one attached hydrogen (secondary N) is 1. The van der Waals surface area contributed by atoms with Gasteiger partial charge in [-0.15, -0.1) is 0 Å². The molecule has 1 aliphatic rings. The van der Waals surface area contributed by atoms with Gasteiger partial charge in [-0.25, -0.2) is 8.78 Å². The molecule has 1 aromatic carbocycles. The van der Waals surface area contributed by atoms with Crippen molar-refractivity contribution in [2.24, 2.45) is 0 Å². The number of benzene rings is 1. The number of hydrogen-bond acceptors (Lipinski definition) is 3. The Balaban J connectivity index is 1.96. The molecule has 1 aliphatic heterocycles. The van der Waals surface area contributed by atoms with Gasteiger partial charge in [0.25, 0.3) is 5.91 Å². The summed E-state index contributed by atoms with van der Waals surface area (Å²) < 4.78 is 31.8. The van der Waals surface area contributed by atoms with Crippen LogP contribution < -0.4 is 10.1 Å². The molecule has 110 valence electrons. The van der Waals surface area contributed by atoms with E-state index in [9.17, 15) is 13.6 Å². The second kappa shape index (κ2) is 6.99. The minimum atomic E-state index is -0.831. The van der Waals surface area contributed by atoms with E-state index in [-0.39, 0.29) is 22.7 Å².